The Hall–Kier alpha value is -1.25. The van der Waals surface area contributed by atoms with Gasteiger partial charge in [0.2, 0.25) is 0 Å². The third-order valence-electron chi connectivity index (χ3n) is 2.91. The van der Waals surface area contributed by atoms with Gasteiger partial charge in [-0.05, 0) is 25.0 Å². The van der Waals surface area contributed by atoms with Gasteiger partial charge < -0.3 is 0 Å². The number of terminal acetylenes is 1. The molecule has 0 aromatic carbocycles. The SMILES string of the molecule is C#CCCCSc1nonc1C1C=CCCN1C. The van der Waals surface area contributed by atoms with Crippen molar-refractivity contribution in [1.82, 2.24) is 15.2 Å². The zero-order valence-corrected chi connectivity index (χ0v) is 11.3. The molecule has 2 heterocycles. The smallest absolute Gasteiger partial charge is 0.166 e. The highest BCUT2D eigenvalue weighted by atomic mass is 32.2. The summed E-state index contributed by atoms with van der Waals surface area (Å²) in [5.74, 6) is 3.59. The van der Waals surface area contributed by atoms with Gasteiger partial charge in [-0.3, -0.25) is 4.90 Å². The predicted octanol–water partition coefficient (Wildman–Crippen LogP) is 2.51. The van der Waals surface area contributed by atoms with Crippen LogP contribution in [0.3, 0.4) is 0 Å². The maximum absolute atomic E-state index is 5.23. The summed E-state index contributed by atoms with van der Waals surface area (Å²) in [6.45, 7) is 1.04. The van der Waals surface area contributed by atoms with Crippen molar-refractivity contribution in [1.29, 1.82) is 0 Å². The highest BCUT2D eigenvalue weighted by molar-refractivity contribution is 7.99. The van der Waals surface area contributed by atoms with E-state index in [0.717, 1.165) is 42.3 Å². The molecule has 1 atom stereocenters. The van der Waals surface area contributed by atoms with Crippen molar-refractivity contribution >= 4 is 11.8 Å². The molecular weight excluding hydrogens is 246 g/mol. The molecule has 1 unspecified atom stereocenters. The van der Waals surface area contributed by atoms with Gasteiger partial charge in [-0.1, -0.05) is 17.3 Å². The van der Waals surface area contributed by atoms with Crippen molar-refractivity contribution in [2.45, 2.75) is 30.3 Å². The molecule has 0 bridgehead atoms. The molecule has 0 saturated carbocycles. The lowest BCUT2D eigenvalue weighted by molar-refractivity contribution is 0.255. The van der Waals surface area contributed by atoms with Crippen molar-refractivity contribution < 1.29 is 4.63 Å². The van der Waals surface area contributed by atoms with Gasteiger partial charge in [0.15, 0.2) is 5.03 Å². The Morgan fingerprint density at radius 1 is 1.61 bits per heavy atom. The first-order valence-electron chi connectivity index (χ1n) is 6.08. The minimum Gasteiger partial charge on any atom is -0.294 e. The molecule has 1 aliphatic rings. The Balaban J connectivity index is 2.01. The van der Waals surface area contributed by atoms with Crippen LogP contribution in [0.15, 0.2) is 21.8 Å². The van der Waals surface area contributed by atoms with E-state index >= 15 is 0 Å². The Morgan fingerprint density at radius 3 is 3.28 bits per heavy atom. The molecule has 5 heteroatoms. The van der Waals surface area contributed by atoms with Gasteiger partial charge in [0.1, 0.15) is 5.69 Å². The van der Waals surface area contributed by atoms with Crippen LogP contribution in [0.25, 0.3) is 0 Å². The summed E-state index contributed by atoms with van der Waals surface area (Å²) in [6, 6.07) is 0.181. The summed E-state index contributed by atoms with van der Waals surface area (Å²) >= 11 is 1.67. The fraction of sp³-hybridized carbons (Fsp3) is 0.538. The minimum atomic E-state index is 0.181. The zero-order chi connectivity index (χ0) is 12.8. The summed E-state index contributed by atoms with van der Waals surface area (Å²) < 4.78 is 4.88. The molecule has 0 saturated heterocycles. The summed E-state index contributed by atoms with van der Waals surface area (Å²) in [7, 11) is 2.09. The number of aromatic nitrogens is 2. The van der Waals surface area contributed by atoms with Gasteiger partial charge in [0.25, 0.3) is 0 Å². The molecule has 4 nitrogen and oxygen atoms in total. The average Bonchev–Trinajstić information content (AvgIpc) is 2.83. The third kappa shape index (κ3) is 3.15. The standard InChI is InChI=1S/C13H17N3OS/c1-3-4-7-10-18-13-12(14-17-15-13)11-8-5-6-9-16(11)2/h1,5,8,11H,4,6-7,9-10H2,2H3. The summed E-state index contributed by atoms with van der Waals surface area (Å²) in [5.41, 5.74) is 0.916. The van der Waals surface area contributed by atoms with Crippen molar-refractivity contribution in [3.8, 4) is 12.3 Å². The van der Waals surface area contributed by atoms with Crippen LogP contribution in [0.4, 0.5) is 0 Å². The van der Waals surface area contributed by atoms with Crippen LogP contribution in [0.5, 0.6) is 0 Å². The van der Waals surface area contributed by atoms with Crippen LogP contribution in [0.2, 0.25) is 0 Å². The minimum absolute atomic E-state index is 0.181. The average molecular weight is 263 g/mol. The van der Waals surface area contributed by atoms with Crippen molar-refractivity contribution in [3.63, 3.8) is 0 Å². The fourth-order valence-electron chi connectivity index (χ4n) is 1.90. The van der Waals surface area contributed by atoms with Gasteiger partial charge >= 0.3 is 0 Å². The van der Waals surface area contributed by atoms with Crippen LogP contribution in [-0.4, -0.2) is 34.6 Å². The van der Waals surface area contributed by atoms with E-state index in [0.29, 0.717) is 0 Å². The third-order valence-corrected chi connectivity index (χ3v) is 3.96. The van der Waals surface area contributed by atoms with Crippen LogP contribution in [0.1, 0.15) is 31.0 Å². The molecule has 0 spiro atoms. The molecule has 18 heavy (non-hydrogen) atoms. The molecular formula is C13H17N3OS. The second-order valence-corrected chi connectivity index (χ2v) is 5.34. The fourth-order valence-corrected chi connectivity index (χ4v) is 2.77. The lowest BCUT2D eigenvalue weighted by Gasteiger charge is -2.26. The van der Waals surface area contributed by atoms with E-state index in [9.17, 15) is 0 Å². The molecule has 0 amide bonds. The van der Waals surface area contributed by atoms with E-state index < -0.39 is 0 Å². The topological polar surface area (TPSA) is 42.2 Å². The van der Waals surface area contributed by atoms with Gasteiger partial charge in [-0.2, -0.15) is 0 Å². The molecule has 1 aromatic heterocycles. The Morgan fingerprint density at radius 2 is 2.50 bits per heavy atom. The van der Waals surface area contributed by atoms with E-state index in [1.54, 1.807) is 11.8 Å². The van der Waals surface area contributed by atoms with E-state index in [-0.39, 0.29) is 6.04 Å². The number of rotatable bonds is 5. The van der Waals surface area contributed by atoms with E-state index in [2.05, 4.69) is 40.3 Å². The first-order valence-corrected chi connectivity index (χ1v) is 7.07. The van der Waals surface area contributed by atoms with Crippen molar-refractivity contribution in [2.24, 2.45) is 0 Å². The first-order chi connectivity index (χ1) is 8.83. The van der Waals surface area contributed by atoms with Gasteiger partial charge in [-0.15, -0.1) is 24.1 Å². The number of unbranched alkanes of at least 4 members (excludes halogenated alkanes) is 1. The normalized spacial score (nSPS) is 19.9. The van der Waals surface area contributed by atoms with Crippen LogP contribution < -0.4 is 0 Å². The molecule has 2 rings (SSSR count). The predicted molar refractivity (Wildman–Crippen MR) is 72.2 cm³/mol. The maximum atomic E-state index is 5.23. The van der Waals surface area contributed by atoms with Crippen LogP contribution in [-0.2, 0) is 0 Å². The molecule has 0 N–H and O–H groups in total. The van der Waals surface area contributed by atoms with E-state index in [1.165, 1.54) is 0 Å². The lowest BCUT2D eigenvalue weighted by Crippen LogP contribution is -2.27. The molecule has 1 aromatic rings. The van der Waals surface area contributed by atoms with Crippen molar-refractivity contribution in [3.05, 3.63) is 17.8 Å². The zero-order valence-electron chi connectivity index (χ0n) is 10.5. The number of thioether (sulfide) groups is 1. The van der Waals surface area contributed by atoms with E-state index in [1.807, 2.05) is 0 Å². The van der Waals surface area contributed by atoms with Gasteiger partial charge in [0.05, 0.1) is 6.04 Å². The first kappa shape index (κ1) is 13.2. The second-order valence-electron chi connectivity index (χ2n) is 4.25. The highest BCUT2D eigenvalue weighted by Gasteiger charge is 2.24. The summed E-state index contributed by atoms with van der Waals surface area (Å²) in [4.78, 5) is 2.25. The van der Waals surface area contributed by atoms with Gasteiger partial charge in [0, 0.05) is 18.7 Å². The Bertz CT molecular complexity index is 449. The molecule has 1 aliphatic heterocycles. The largest absolute Gasteiger partial charge is 0.294 e. The monoisotopic (exact) mass is 263 g/mol. The number of hydrogen-bond donors (Lipinski definition) is 0. The number of hydrogen-bond acceptors (Lipinski definition) is 5. The number of likely N-dealkylation sites (N-methyl/N-ethyl adjacent to an activating group) is 1. The van der Waals surface area contributed by atoms with E-state index in [4.69, 9.17) is 11.1 Å². The molecule has 0 fully saturated rings. The quantitative estimate of drug-likeness (QED) is 0.353. The van der Waals surface area contributed by atoms with Crippen molar-refractivity contribution in [2.75, 3.05) is 19.3 Å². The summed E-state index contributed by atoms with van der Waals surface area (Å²) in [5, 5.41) is 8.92. The molecule has 0 radical (unpaired) electrons. The Labute approximate surface area is 112 Å². The number of nitrogens with zero attached hydrogens (tertiary/aromatic N) is 3. The van der Waals surface area contributed by atoms with Crippen LogP contribution in [0, 0.1) is 12.3 Å². The Kier molecular flexibility index (Phi) is 4.85. The lowest BCUT2D eigenvalue weighted by atomic mass is 10.1. The summed E-state index contributed by atoms with van der Waals surface area (Å²) in [6.07, 6.45) is 12.5. The van der Waals surface area contributed by atoms with Gasteiger partial charge in [-0.25, -0.2) is 4.63 Å². The molecule has 0 aliphatic carbocycles. The highest BCUT2D eigenvalue weighted by Crippen LogP contribution is 2.30. The molecule has 96 valence electrons. The maximum Gasteiger partial charge on any atom is 0.166 e. The van der Waals surface area contributed by atoms with Crippen LogP contribution >= 0.6 is 11.8 Å². The second kappa shape index (κ2) is 6.62.